The summed E-state index contributed by atoms with van der Waals surface area (Å²) in [5, 5.41) is 16.2. The zero-order chi connectivity index (χ0) is 73.2. The number of alkyl carbamates (subject to hydrolysis) is 3. The first-order valence-corrected chi connectivity index (χ1v) is 37.6. The minimum atomic E-state index is -0.736. The highest BCUT2D eigenvalue weighted by atomic mass is 79.9. The number of nitrogens with zero attached hydrogens (tertiary/aromatic N) is 9. The molecule has 24 nitrogen and oxygen atoms in total. The summed E-state index contributed by atoms with van der Waals surface area (Å²) >= 11 is 14.5. The monoisotopic (exact) mass is 1650 g/mol. The van der Waals surface area contributed by atoms with E-state index >= 15 is 0 Å². The van der Waals surface area contributed by atoms with Gasteiger partial charge in [-0.05, 0) is 115 Å². The van der Waals surface area contributed by atoms with E-state index in [-0.39, 0.29) is 56.3 Å². The zero-order valence-corrected chi connectivity index (χ0v) is 63.8. The molecule has 6 aliphatic rings. The predicted octanol–water partition coefficient (Wildman–Crippen LogP) is 13.7. The van der Waals surface area contributed by atoms with Crippen LogP contribution in [0.5, 0.6) is 0 Å². The first-order chi connectivity index (χ1) is 48.8. The number of esters is 3. The number of thiazole rings is 3. The average Bonchev–Trinajstić information content (AvgIpc) is 1.53. The number of hydrogen-bond donors (Lipinski definition) is 3. The summed E-state index contributed by atoms with van der Waals surface area (Å²) in [6, 6.07) is 9.69. The van der Waals surface area contributed by atoms with Crippen molar-refractivity contribution in [3.8, 4) is 0 Å². The molecule has 6 atom stereocenters. The van der Waals surface area contributed by atoms with Crippen LogP contribution in [0.3, 0.4) is 0 Å². The van der Waals surface area contributed by atoms with Crippen molar-refractivity contribution in [3.05, 3.63) is 186 Å². The quantitative estimate of drug-likeness (QED) is 0.0532. The van der Waals surface area contributed by atoms with Gasteiger partial charge >= 0.3 is 36.2 Å². The lowest BCUT2D eigenvalue weighted by Gasteiger charge is -2.31. The van der Waals surface area contributed by atoms with Gasteiger partial charge < -0.3 is 59.1 Å². The molecule has 9 heterocycles. The standard InChI is InChI=1S/3C23H24BrFN4O4S/c3*1-4-32-22(30)18-17-10-14(27-23(31)33-12(2)3)11-29(17)20(21-26-7-8-34-21)28-19(18)15-6-5-13(25)9-16(15)24/h3*5-9,12,14,19H,4,10-11H2,1-3H3,(H,27,31)/t14?,19-;14-,19+;14-,19-/m010/s1. The largest absolute Gasteiger partial charge is 0.463 e. The molecule has 3 N–H and O–H groups in total. The van der Waals surface area contributed by atoms with Crippen LogP contribution in [0, 0.1) is 17.5 Å². The summed E-state index contributed by atoms with van der Waals surface area (Å²) in [6.45, 7) is 17.6. The van der Waals surface area contributed by atoms with E-state index in [0.717, 1.165) is 0 Å². The number of ether oxygens (including phenoxy) is 6. The van der Waals surface area contributed by atoms with E-state index in [0.29, 0.717) is 135 Å². The van der Waals surface area contributed by atoms with Crippen LogP contribution in [0.25, 0.3) is 0 Å². The van der Waals surface area contributed by atoms with E-state index in [1.54, 1.807) is 99.1 Å². The molecule has 3 saturated heterocycles. The number of carbonyl (C=O) groups is 6. The second-order valence-electron chi connectivity index (χ2n) is 24.1. The maximum absolute atomic E-state index is 13.8. The Kier molecular flexibility index (Phi) is 25.6. The van der Waals surface area contributed by atoms with Crippen molar-refractivity contribution in [2.45, 2.75) is 136 Å². The third-order valence-electron chi connectivity index (χ3n) is 15.9. The van der Waals surface area contributed by atoms with Gasteiger partial charge in [0.25, 0.3) is 0 Å². The highest BCUT2D eigenvalue weighted by Gasteiger charge is 2.47. The molecule has 1 unspecified atom stereocenters. The number of amidine groups is 3. The number of aliphatic imine (C=N–C) groups is 3. The molecular weight excluding hydrogens is 1580 g/mol. The molecule has 6 aliphatic heterocycles. The number of halogens is 6. The van der Waals surface area contributed by atoms with Crippen molar-refractivity contribution in [1.82, 2.24) is 45.6 Å². The Bertz CT molecular complexity index is 3880. The first-order valence-electron chi connectivity index (χ1n) is 32.6. The van der Waals surface area contributed by atoms with E-state index in [9.17, 15) is 41.9 Å². The third kappa shape index (κ3) is 18.0. The summed E-state index contributed by atoms with van der Waals surface area (Å²) in [4.78, 5) is 110. The lowest BCUT2D eigenvalue weighted by atomic mass is 9.94. The Hall–Kier alpha value is -8.37. The normalized spacial score (nSPS) is 19.7. The number of rotatable bonds is 18. The smallest absolute Gasteiger partial charge is 0.407 e. The lowest BCUT2D eigenvalue weighted by Crippen LogP contribution is -2.40. The second kappa shape index (κ2) is 34.3. The fourth-order valence-corrected chi connectivity index (χ4v) is 15.7. The number of benzene rings is 3. The Morgan fingerprint density at radius 3 is 0.941 bits per heavy atom. The van der Waals surface area contributed by atoms with E-state index < -0.39 is 71.8 Å². The van der Waals surface area contributed by atoms with Crippen LogP contribution >= 0.6 is 81.8 Å². The molecule has 0 bridgehead atoms. The SMILES string of the molecule is CCOC(=O)C1=C2CC(NC(=O)OC(C)C)CN2C(c2nccs2)=N[C@H]1c1ccc(F)cc1Br.CCOC(=O)C1=C2C[C@@H](NC(=O)OC(C)C)CN2C(c2nccs2)=N[C@H]1c1ccc(F)cc1Br.CCOC(=O)C1=C2C[C@H](NC(=O)OC(C)C)CN2C(c2nccs2)=N[C@H]1c1ccc(F)cc1Br. The first kappa shape index (κ1) is 76.3. The molecule has 3 aromatic carbocycles. The maximum Gasteiger partial charge on any atom is 0.407 e. The number of amides is 3. The molecule has 0 radical (unpaired) electrons. The van der Waals surface area contributed by atoms with Crippen molar-refractivity contribution in [2.24, 2.45) is 15.0 Å². The molecule has 12 rings (SSSR count). The van der Waals surface area contributed by atoms with Gasteiger partial charge in [0.05, 0.1) is 73.0 Å². The molecule has 540 valence electrons. The van der Waals surface area contributed by atoms with Gasteiger partial charge in [0.15, 0.2) is 32.5 Å². The van der Waals surface area contributed by atoms with Crippen molar-refractivity contribution in [2.75, 3.05) is 39.5 Å². The molecule has 3 aromatic heterocycles. The summed E-state index contributed by atoms with van der Waals surface area (Å²) in [5.41, 5.74) is 5.02. The summed E-state index contributed by atoms with van der Waals surface area (Å²) in [7, 11) is 0. The fourth-order valence-electron chi connectivity index (χ4n) is 12.1. The van der Waals surface area contributed by atoms with Crippen LogP contribution in [0.2, 0.25) is 0 Å². The van der Waals surface area contributed by atoms with Gasteiger partial charge in [0.1, 0.15) is 35.6 Å². The van der Waals surface area contributed by atoms with Crippen molar-refractivity contribution >= 4 is 135 Å². The van der Waals surface area contributed by atoms with Gasteiger partial charge in [-0.2, -0.15) is 0 Å². The highest BCUT2D eigenvalue weighted by Crippen LogP contribution is 2.47. The molecule has 0 spiro atoms. The van der Waals surface area contributed by atoms with Crippen LogP contribution < -0.4 is 16.0 Å². The Morgan fingerprint density at radius 1 is 0.461 bits per heavy atom. The van der Waals surface area contributed by atoms with Crippen molar-refractivity contribution in [3.63, 3.8) is 0 Å². The second-order valence-corrected chi connectivity index (χ2v) is 29.4. The topological polar surface area (TPSA) is 279 Å². The van der Waals surface area contributed by atoms with Gasteiger partial charge in [0, 0.05) is 104 Å². The van der Waals surface area contributed by atoms with Gasteiger partial charge in [-0.3, -0.25) is 15.0 Å². The Balaban J connectivity index is 0.000000165. The number of hydrogen-bond acceptors (Lipinski definition) is 24. The molecule has 33 heteroatoms. The molecular formula is C69H72Br3F3N12O12S3. The Morgan fingerprint density at radius 2 is 0.725 bits per heavy atom. The molecule has 0 aliphatic carbocycles. The molecule has 102 heavy (non-hydrogen) atoms. The van der Waals surface area contributed by atoms with Gasteiger partial charge in [0.2, 0.25) is 0 Å². The highest BCUT2D eigenvalue weighted by molar-refractivity contribution is 9.11. The van der Waals surface area contributed by atoms with E-state index in [2.05, 4.69) is 78.7 Å². The van der Waals surface area contributed by atoms with Crippen LogP contribution in [-0.4, -0.2) is 159 Å². The summed E-state index contributed by atoms with van der Waals surface area (Å²) in [6.07, 6.45) is 3.83. The number of nitrogens with one attached hydrogen (secondary N) is 3. The molecule has 0 saturated carbocycles. The van der Waals surface area contributed by atoms with Gasteiger partial charge in [-0.15, -0.1) is 34.0 Å². The zero-order valence-electron chi connectivity index (χ0n) is 56.6. The van der Waals surface area contributed by atoms with E-state index in [1.165, 1.54) is 70.4 Å². The number of aromatic nitrogens is 3. The predicted molar refractivity (Wildman–Crippen MR) is 387 cm³/mol. The minimum absolute atomic E-state index is 0.193. The van der Waals surface area contributed by atoms with Crippen LogP contribution in [0.1, 0.15) is 131 Å². The third-order valence-corrected chi connectivity index (χ3v) is 20.3. The Labute approximate surface area is 623 Å². The van der Waals surface area contributed by atoms with E-state index in [1.807, 2.05) is 30.8 Å². The summed E-state index contributed by atoms with van der Waals surface area (Å²) < 4.78 is 74.8. The van der Waals surface area contributed by atoms with Gasteiger partial charge in [-0.25, -0.2) is 56.9 Å². The summed E-state index contributed by atoms with van der Waals surface area (Å²) in [5.74, 6) is -0.977. The molecule has 6 aromatic rings. The van der Waals surface area contributed by atoms with E-state index in [4.69, 9.17) is 43.4 Å². The van der Waals surface area contributed by atoms with Crippen molar-refractivity contribution in [1.29, 1.82) is 0 Å². The van der Waals surface area contributed by atoms with Crippen LogP contribution in [-0.2, 0) is 42.8 Å². The maximum atomic E-state index is 13.8. The molecule has 3 fully saturated rings. The van der Waals surface area contributed by atoms with Gasteiger partial charge in [-0.1, -0.05) is 66.0 Å². The lowest BCUT2D eigenvalue weighted by molar-refractivity contribution is -0.140. The number of fused-ring (bicyclic) bond motifs is 3. The minimum Gasteiger partial charge on any atom is -0.463 e. The number of carbonyl (C=O) groups excluding carboxylic acids is 6. The van der Waals surface area contributed by atoms with Crippen LogP contribution in [0.15, 0.2) is 152 Å². The fraction of sp³-hybridized carbons (Fsp3) is 0.391. The van der Waals surface area contributed by atoms with Crippen LogP contribution in [0.4, 0.5) is 27.6 Å². The average molecular weight is 1650 g/mol. The molecule has 3 amide bonds. The van der Waals surface area contributed by atoms with Crippen molar-refractivity contribution < 1.29 is 70.4 Å².